The molecule has 0 aliphatic heterocycles. The number of nitrogen functional groups attached to an aromatic ring is 1. The first-order chi connectivity index (χ1) is 15.3. The molecule has 6 heteroatoms. The summed E-state index contributed by atoms with van der Waals surface area (Å²) in [5, 5.41) is 3.06. The Morgan fingerprint density at radius 2 is 1.66 bits per heavy atom. The van der Waals surface area contributed by atoms with Crippen molar-refractivity contribution in [3.63, 3.8) is 0 Å². The standard InChI is InChI=1S/C26H19ClF2N2O/c1-15-5-6-17(16-3-2-4-19(30)11-16)12-22(15)26(32)21-9-8-20(14-23(21)27)31-25-10-7-18(28)13-24(25)29/h2-14,31H,30H2,1H3. The zero-order valence-corrected chi connectivity index (χ0v) is 17.9. The number of rotatable bonds is 5. The summed E-state index contributed by atoms with van der Waals surface area (Å²) in [6, 6.07) is 21.1. The number of halogens is 3. The summed E-state index contributed by atoms with van der Waals surface area (Å²) in [7, 11) is 0. The lowest BCUT2D eigenvalue weighted by atomic mass is 9.94. The SMILES string of the molecule is Cc1ccc(-c2cccc(N)c2)cc1C(=O)c1ccc(Nc2ccc(F)cc2F)cc1Cl. The van der Waals surface area contributed by atoms with Gasteiger partial charge in [0.05, 0.1) is 10.7 Å². The van der Waals surface area contributed by atoms with Gasteiger partial charge in [-0.25, -0.2) is 8.78 Å². The number of anilines is 3. The molecule has 0 unspecified atom stereocenters. The van der Waals surface area contributed by atoms with Crippen molar-refractivity contribution >= 4 is 34.4 Å². The van der Waals surface area contributed by atoms with Gasteiger partial charge in [0, 0.05) is 28.6 Å². The minimum absolute atomic E-state index is 0.104. The van der Waals surface area contributed by atoms with Crippen LogP contribution in [0.1, 0.15) is 21.5 Å². The molecule has 0 fully saturated rings. The first kappa shape index (κ1) is 21.5. The highest BCUT2D eigenvalue weighted by atomic mass is 35.5. The van der Waals surface area contributed by atoms with Crippen molar-refractivity contribution in [3.8, 4) is 11.1 Å². The number of benzene rings is 4. The number of nitrogens with two attached hydrogens (primary N) is 1. The van der Waals surface area contributed by atoms with E-state index in [0.29, 0.717) is 22.5 Å². The molecule has 0 aliphatic carbocycles. The highest BCUT2D eigenvalue weighted by Crippen LogP contribution is 2.30. The average molecular weight is 449 g/mol. The van der Waals surface area contributed by atoms with Crippen molar-refractivity contribution in [2.45, 2.75) is 6.92 Å². The quantitative estimate of drug-likeness (QED) is 0.252. The molecule has 3 nitrogen and oxygen atoms in total. The maximum absolute atomic E-state index is 13.9. The first-order valence-electron chi connectivity index (χ1n) is 9.85. The molecule has 0 aliphatic rings. The smallest absolute Gasteiger partial charge is 0.194 e. The largest absolute Gasteiger partial charge is 0.399 e. The van der Waals surface area contributed by atoms with Crippen LogP contribution in [0.4, 0.5) is 25.8 Å². The van der Waals surface area contributed by atoms with E-state index in [1.54, 1.807) is 18.2 Å². The first-order valence-corrected chi connectivity index (χ1v) is 10.2. The molecule has 3 N–H and O–H groups in total. The highest BCUT2D eigenvalue weighted by molar-refractivity contribution is 6.35. The van der Waals surface area contributed by atoms with Gasteiger partial charge >= 0.3 is 0 Å². The second kappa shape index (κ2) is 8.81. The number of carbonyl (C=O) groups is 1. The molecular formula is C26H19ClF2N2O. The summed E-state index contributed by atoms with van der Waals surface area (Å²) < 4.78 is 27.0. The lowest BCUT2D eigenvalue weighted by Gasteiger charge is -2.12. The number of hydrogen-bond donors (Lipinski definition) is 2. The monoisotopic (exact) mass is 448 g/mol. The predicted molar refractivity (Wildman–Crippen MR) is 126 cm³/mol. The van der Waals surface area contributed by atoms with Gasteiger partial charge in [-0.15, -0.1) is 0 Å². The summed E-state index contributed by atoms with van der Waals surface area (Å²) >= 11 is 6.40. The molecule has 0 aromatic heterocycles. The minimum atomic E-state index is -0.727. The number of carbonyl (C=O) groups excluding carboxylic acids is 1. The zero-order valence-electron chi connectivity index (χ0n) is 17.1. The fourth-order valence-corrected chi connectivity index (χ4v) is 3.70. The Labute approximate surface area is 189 Å². The van der Waals surface area contributed by atoms with Gasteiger partial charge in [0.15, 0.2) is 5.78 Å². The van der Waals surface area contributed by atoms with Crippen molar-refractivity contribution in [2.75, 3.05) is 11.1 Å². The van der Waals surface area contributed by atoms with E-state index in [0.717, 1.165) is 28.8 Å². The van der Waals surface area contributed by atoms with Crippen LogP contribution in [0.15, 0.2) is 78.9 Å². The molecule has 0 saturated heterocycles. The minimum Gasteiger partial charge on any atom is -0.399 e. The van der Waals surface area contributed by atoms with Crippen LogP contribution in [0.5, 0.6) is 0 Å². The Balaban J connectivity index is 1.64. The van der Waals surface area contributed by atoms with Crippen LogP contribution in [0.2, 0.25) is 5.02 Å². The Hall–Kier alpha value is -3.70. The van der Waals surface area contributed by atoms with Crippen molar-refractivity contribution in [2.24, 2.45) is 0 Å². The molecule has 4 rings (SSSR count). The molecule has 0 saturated carbocycles. The fraction of sp³-hybridized carbons (Fsp3) is 0.0385. The molecule has 32 heavy (non-hydrogen) atoms. The maximum Gasteiger partial charge on any atom is 0.194 e. The molecule has 0 heterocycles. The number of hydrogen-bond acceptors (Lipinski definition) is 3. The summed E-state index contributed by atoms with van der Waals surface area (Å²) in [6.45, 7) is 1.86. The van der Waals surface area contributed by atoms with Crippen LogP contribution in [-0.2, 0) is 0 Å². The van der Waals surface area contributed by atoms with Crippen LogP contribution in [0.25, 0.3) is 11.1 Å². The van der Waals surface area contributed by atoms with Gasteiger partial charge in [0.2, 0.25) is 0 Å². The van der Waals surface area contributed by atoms with E-state index in [-0.39, 0.29) is 16.5 Å². The second-order valence-corrected chi connectivity index (χ2v) is 7.84. The van der Waals surface area contributed by atoms with Gasteiger partial charge < -0.3 is 11.1 Å². The van der Waals surface area contributed by atoms with Crippen molar-refractivity contribution in [3.05, 3.63) is 112 Å². The van der Waals surface area contributed by atoms with Crippen molar-refractivity contribution < 1.29 is 13.6 Å². The van der Waals surface area contributed by atoms with Crippen LogP contribution < -0.4 is 11.1 Å². The van der Waals surface area contributed by atoms with Gasteiger partial charge in [0.1, 0.15) is 11.6 Å². The third kappa shape index (κ3) is 4.48. The van der Waals surface area contributed by atoms with Gasteiger partial charge in [0.25, 0.3) is 0 Å². The summed E-state index contributed by atoms with van der Waals surface area (Å²) in [4.78, 5) is 13.3. The molecule has 4 aromatic rings. The predicted octanol–water partition coefficient (Wildman–Crippen LogP) is 7.15. The van der Waals surface area contributed by atoms with E-state index in [2.05, 4.69) is 5.32 Å². The van der Waals surface area contributed by atoms with Gasteiger partial charge in [-0.1, -0.05) is 35.9 Å². The number of nitrogens with one attached hydrogen (secondary N) is 1. The molecule has 0 spiro atoms. The lowest BCUT2D eigenvalue weighted by Crippen LogP contribution is -2.05. The summed E-state index contributed by atoms with van der Waals surface area (Å²) in [5.74, 6) is -1.61. The maximum atomic E-state index is 13.9. The van der Waals surface area contributed by atoms with E-state index < -0.39 is 11.6 Å². The molecule has 0 amide bonds. The summed E-state index contributed by atoms with van der Waals surface area (Å²) in [6.07, 6.45) is 0. The summed E-state index contributed by atoms with van der Waals surface area (Å²) in [5.41, 5.74) is 10.5. The molecular weight excluding hydrogens is 430 g/mol. The lowest BCUT2D eigenvalue weighted by molar-refractivity contribution is 0.103. The van der Waals surface area contributed by atoms with Crippen LogP contribution >= 0.6 is 11.6 Å². The normalized spacial score (nSPS) is 10.8. The molecule has 4 aromatic carbocycles. The molecule has 0 bridgehead atoms. The highest BCUT2D eigenvalue weighted by Gasteiger charge is 2.17. The number of ketones is 1. The fourth-order valence-electron chi connectivity index (χ4n) is 3.43. The molecule has 160 valence electrons. The van der Waals surface area contributed by atoms with E-state index in [4.69, 9.17) is 17.3 Å². The van der Waals surface area contributed by atoms with E-state index in [1.807, 2.05) is 43.3 Å². The van der Waals surface area contributed by atoms with Crippen molar-refractivity contribution in [1.29, 1.82) is 0 Å². The number of aryl methyl sites for hydroxylation is 1. The molecule has 0 atom stereocenters. The van der Waals surface area contributed by atoms with Crippen LogP contribution in [-0.4, -0.2) is 5.78 Å². The molecule has 0 radical (unpaired) electrons. The third-order valence-electron chi connectivity index (χ3n) is 5.13. The topological polar surface area (TPSA) is 55.1 Å². The van der Waals surface area contributed by atoms with Gasteiger partial charge in [-0.05, 0) is 72.1 Å². The van der Waals surface area contributed by atoms with Crippen LogP contribution in [0, 0.1) is 18.6 Å². The zero-order chi connectivity index (χ0) is 22.8. The Morgan fingerprint density at radius 3 is 2.38 bits per heavy atom. The van der Waals surface area contributed by atoms with Gasteiger partial charge in [-0.3, -0.25) is 4.79 Å². The van der Waals surface area contributed by atoms with E-state index in [9.17, 15) is 13.6 Å². The average Bonchev–Trinajstić information content (AvgIpc) is 2.76. The van der Waals surface area contributed by atoms with E-state index >= 15 is 0 Å². The second-order valence-electron chi connectivity index (χ2n) is 7.43. The Kier molecular flexibility index (Phi) is 5.93. The third-order valence-corrected chi connectivity index (χ3v) is 5.44. The van der Waals surface area contributed by atoms with Gasteiger partial charge in [-0.2, -0.15) is 0 Å². The van der Waals surface area contributed by atoms with Crippen molar-refractivity contribution in [1.82, 2.24) is 0 Å². The Morgan fingerprint density at radius 1 is 0.875 bits per heavy atom. The van der Waals surface area contributed by atoms with E-state index in [1.165, 1.54) is 12.1 Å². The van der Waals surface area contributed by atoms with Crippen LogP contribution in [0.3, 0.4) is 0 Å². The Bertz CT molecular complexity index is 1340.